The summed E-state index contributed by atoms with van der Waals surface area (Å²) in [6.45, 7) is 7.99. The molecule has 0 aliphatic carbocycles. The number of urea groups is 1. The number of amides is 2. The van der Waals surface area contributed by atoms with Gasteiger partial charge in [-0.2, -0.15) is 0 Å². The minimum Gasteiger partial charge on any atom is -0.335 e. The highest BCUT2D eigenvalue weighted by Gasteiger charge is 2.21. The normalized spacial score (nSPS) is 21.6. The van der Waals surface area contributed by atoms with Crippen molar-refractivity contribution >= 4 is 6.03 Å². The van der Waals surface area contributed by atoms with Crippen molar-refractivity contribution in [3.05, 3.63) is 0 Å². The molecule has 3 N–H and O–H groups in total. The van der Waals surface area contributed by atoms with Crippen molar-refractivity contribution in [1.82, 2.24) is 10.2 Å². The summed E-state index contributed by atoms with van der Waals surface area (Å²) in [5.41, 5.74) is 5.70. The number of nitrogens with two attached hydrogens (primary N) is 1. The van der Waals surface area contributed by atoms with E-state index in [1.807, 2.05) is 18.7 Å². The first kappa shape index (κ1) is 13.3. The van der Waals surface area contributed by atoms with Crippen molar-refractivity contribution < 1.29 is 4.79 Å². The van der Waals surface area contributed by atoms with Crippen LogP contribution in [-0.2, 0) is 0 Å². The van der Waals surface area contributed by atoms with E-state index in [-0.39, 0.29) is 18.1 Å². The van der Waals surface area contributed by atoms with E-state index >= 15 is 0 Å². The zero-order valence-electron chi connectivity index (χ0n) is 10.7. The first-order chi connectivity index (χ1) is 7.49. The topological polar surface area (TPSA) is 58.4 Å². The molecule has 4 heteroatoms. The van der Waals surface area contributed by atoms with Gasteiger partial charge in [0.25, 0.3) is 0 Å². The second-order valence-corrected chi connectivity index (χ2v) is 5.23. The Balaban J connectivity index is 2.29. The van der Waals surface area contributed by atoms with Gasteiger partial charge in [-0.25, -0.2) is 4.79 Å². The average molecular weight is 227 g/mol. The summed E-state index contributed by atoms with van der Waals surface area (Å²) in [5.74, 6) is 0.755. The number of likely N-dealkylation sites (tertiary alicyclic amines) is 1. The fourth-order valence-electron chi connectivity index (χ4n) is 2.13. The molecule has 1 saturated heterocycles. The molecule has 16 heavy (non-hydrogen) atoms. The minimum atomic E-state index is 0.0695. The van der Waals surface area contributed by atoms with Crippen LogP contribution in [0.1, 0.15) is 40.0 Å². The van der Waals surface area contributed by atoms with Crippen LogP contribution in [0.15, 0.2) is 0 Å². The van der Waals surface area contributed by atoms with Crippen molar-refractivity contribution in [3.8, 4) is 0 Å². The van der Waals surface area contributed by atoms with Gasteiger partial charge in [0, 0.05) is 25.2 Å². The van der Waals surface area contributed by atoms with Gasteiger partial charge in [0.2, 0.25) is 0 Å². The number of hydrogen-bond acceptors (Lipinski definition) is 2. The lowest BCUT2D eigenvalue weighted by Crippen LogP contribution is -2.47. The summed E-state index contributed by atoms with van der Waals surface area (Å²) < 4.78 is 0. The first-order valence-electron chi connectivity index (χ1n) is 6.30. The second kappa shape index (κ2) is 6.09. The van der Waals surface area contributed by atoms with E-state index in [0.29, 0.717) is 0 Å². The van der Waals surface area contributed by atoms with Gasteiger partial charge < -0.3 is 16.0 Å². The van der Waals surface area contributed by atoms with Crippen molar-refractivity contribution in [2.45, 2.75) is 52.1 Å². The Morgan fingerprint density at radius 2 is 2.00 bits per heavy atom. The number of piperidine rings is 1. The molecule has 2 atom stereocenters. The van der Waals surface area contributed by atoms with E-state index in [1.165, 1.54) is 0 Å². The maximum Gasteiger partial charge on any atom is 0.317 e. The minimum absolute atomic E-state index is 0.0695. The van der Waals surface area contributed by atoms with Crippen molar-refractivity contribution in [2.24, 2.45) is 11.7 Å². The summed E-state index contributed by atoms with van der Waals surface area (Å²) in [6, 6.07) is 0.364. The number of nitrogens with one attached hydrogen (secondary N) is 1. The number of carbonyl (C=O) groups is 1. The maximum atomic E-state index is 11.9. The van der Waals surface area contributed by atoms with Crippen LogP contribution in [0.25, 0.3) is 0 Å². The van der Waals surface area contributed by atoms with Gasteiger partial charge in [-0.3, -0.25) is 0 Å². The molecular formula is C12H25N3O. The molecule has 2 unspecified atom stereocenters. The fourth-order valence-corrected chi connectivity index (χ4v) is 2.13. The van der Waals surface area contributed by atoms with Gasteiger partial charge >= 0.3 is 6.03 Å². The molecule has 1 rings (SSSR count). The lowest BCUT2D eigenvalue weighted by atomic mass is 9.99. The Morgan fingerprint density at radius 3 is 2.50 bits per heavy atom. The molecule has 1 heterocycles. The predicted octanol–water partition coefficient (Wildman–Crippen LogP) is 1.55. The molecule has 1 aliphatic heterocycles. The highest BCUT2D eigenvalue weighted by molar-refractivity contribution is 5.74. The van der Waals surface area contributed by atoms with E-state index < -0.39 is 0 Å². The summed E-state index contributed by atoms with van der Waals surface area (Å²) in [6.07, 6.45) is 3.07. The molecule has 0 spiro atoms. The molecule has 0 saturated carbocycles. The Bertz CT molecular complexity index is 222. The number of carbonyl (C=O) groups excluding carboxylic acids is 1. The predicted molar refractivity (Wildman–Crippen MR) is 66.2 cm³/mol. The third-order valence-electron chi connectivity index (χ3n) is 3.17. The van der Waals surface area contributed by atoms with Crippen molar-refractivity contribution in [3.63, 3.8) is 0 Å². The Hall–Kier alpha value is -0.770. The van der Waals surface area contributed by atoms with Gasteiger partial charge in [-0.05, 0) is 39.0 Å². The summed E-state index contributed by atoms with van der Waals surface area (Å²) >= 11 is 0. The number of nitrogens with zero attached hydrogens (tertiary/aromatic N) is 1. The molecule has 2 amide bonds. The highest BCUT2D eigenvalue weighted by atomic mass is 16.2. The number of rotatable bonds is 3. The Labute approximate surface area is 98.6 Å². The van der Waals surface area contributed by atoms with Crippen molar-refractivity contribution in [1.29, 1.82) is 0 Å². The molecule has 0 aromatic carbocycles. The van der Waals surface area contributed by atoms with Crippen LogP contribution in [-0.4, -0.2) is 36.1 Å². The summed E-state index contributed by atoms with van der Waals surface area (Å²) in [5, 5.41) is 3.00. The van der Waals surface area contributed by atoms with Crippen LogP contribution in [0.4, 0.5) is 4.79 Å². The van der Waals surface area contributed by atoms with Gasteiger partial charge in [0.1, 0.15) is 0 Å². The van der Waals surface area contributed by atoms with Crippen molar-refractivity contribution in [2.75, 3.05) is 13.1 Å². The lowest BCUT2D eigenvalue weighted by Gasteiger charge is -2.31. The van der Waals surface area contributed by atoms with Crippen LogP contribution in [0.3, 0.4) is 0 Å². The van der Waals surface area contributed by atoms with Crippen LogP contribution in [0.2, 0.25) is 0 Å². The van der Waals surface area contributed by atoms with E-state index in [4.69, 9.17) is 5.73 Å². The van der Waals surface area contributed by atoms with Gasteiger partial charge in [0.05, 0.1) is 0 Å². The SMILES string of the molecule is CC(N)CC(C)NC(=O)N1CCC(C)CC1. The standard InChI is InChI=1S/C12H25N3O/c1-9-4-6-15(7-5-9)12(16)14-11(3)8-10(2)13/h9-11H,4-8,13H2,1-3H3,(H,14,16). The van der Waals surface area contributed by atoms with E-state index in [9.17, 15) is 4.79 Å². The Kier molecular flexibility index (Phi) is 5.06. The maximum absolute atomic E-state index is 11.9. The number of hydrogen-bond donors (Lipinski definition) is 2. The largest absolute Gasteiger partial charge is 0.335 e. The molecule has 1 aliphatic rings. The van der Waals surface area contributed by atoms with Gasteiger partial charge in [-0.15, -0.1) is 0 Å². The molecule has 1 fully saturated rings. The monoisotopic (exact) mass is 227 g/mol. The quantitative estimate of drug-likeness (QED) is 0.768. The van der Waals surface area contributed by atoms with Crippen LogP contribution >= 0.6 is 0 Å². The summed E-state index contributed by atoms with van der Waals surface area (Å²) in [7, 11) is 0. The fraction of sp³-hybridized carbons (Fsp3) is 0.917. The molecular weight excluding hydrogens is 202 g/mol. The lowest BCUT2D eigenvalue weighted by molar-refractivity contribution is 0.170. The van der Waals surface area contributed by atoms with E-state index in [2.05, 4.69) is 12.2 Å². The zero-order chi connectivity index (χ0) is 12.1. The molecule has 4 nitrogen and oxygen atoms in total. The van der Waals surface area contributed by atoms with Crippen LogP contribution < -0.4 is 11.1 Å². The van der Waals surface area contributed by atoms with Gasteiger partial charge in [-0.1, -0.05) is 6.92 Å². The average Bonchev–Trinajstić information content (AvgIpc) is 2.16. The van der Waals surface area contributed by atoms with E-state index in [0.717, 1.165) is 38.3 Å². The molecule has 0 aromatic heterocycles. The third-order valence-corrected chi connectivity index (χ3v) is 3.17. The molecule has 0 bridgehead atoms. The first-order valence-corrected chi connectivity index (χ1v) is 6.30. The molecule has 0 aromatic rings. The molecule has 0 radical (unpaired) electrons. The van der Waals surface area contributed by atoms with Gasteiger partial charge in [0.15, 0.2) is 0 Å². The molecule has 94 valence electrons. The highest BCUT2D eigenvalue weighted by Crippen LogP contribution is 2.15. The smallest absolute Gasteiger partial charge is 0.317 e. The van der Waals surface area contributed by atoms with E-state index in [1.54, 1.807) is 0 Å². The summed E-state index contributed by atoms with van der Waals surface area (Å²) in [4.78, 5) is 13.8. The third kappa shape index (κ3) is 4.39. The Morgan fingerprint density at radius 1 is 1.44 bits per heavy atom. The van der Waals surface area contributed by atoms with Crippen LogP contribution in [0, 0.1) is 5.92 Å². The van der Waals surface area contributed by atoms with Crippen LogP contribution in [0.5, 0.6) is 0 Å². The second-order valence-electron chi connectivity index (χ2n) is 5.23. The zero-order valence-corrected chi connectivity index (χ0v) is 10.7.